The average molecular weight is 292 g/mol. The molecule has 1 aliphatic rings. The monoisotopic (exact) mass is 292 g/mol. The Kier molecular flexibility index (Phi) is 3.96. The third-order valence-corrected chi connectivity index (χ3v) is 5.09. The Morgan fingerprint density at radius 3 is 3.11 bits per heavy atom. The third-order valence-electron chi connectivity index (χ3n) is 3.23. The highest BCUT2D eigenvalue weighted by atomic mass is 32.1. The maximum absolute atomic E-state index is 11.1. The summed E-state index contributed by atoms with van der Waals surface area (Å²) in [4.78, 5) is 13.8. The van der Waals surface area contributed by atoms with Crippen molar-refractivity contribution in [2.24, 2.45) is 0 Å². The molecule has 0 bridgehead atoms. The lowest BCUT2D eigenvalue weighted by molar-refractivity contribution is -0.119. The Morgan fingerprint density at radius 2 is 2.37 bits per heavy atom. The van der Waals surface area contributed by atoms with E-state index in [-0.39, 0.29) is 5.91 Å². The molecular weight excluding hydrogens is 276 g/mol. The lowest BCUT2D eigenvalue weighted by atomic mass is 10.2. The summed E-state index contributed by atoms with van der Waals surface area (Å²) in [7, 11) is 0. The van der Waals surface area contributed by atoms with Crippen LogP contribution in [0.25, 0.3) is 10.4 Å². The largest absolute Gasteiger partial charge is 0.352 e. The first-order valence-corrected chi connectivity index (χ1v) is 8.18. The van der Waals surface area contributed by atoms with Crippen LogP contribution in [0.3, 0.4) is 0 Å². The molecule has 0 spiro atoms. The molecule has 2 aromatic heterocycles. The first-order valence-electron chi connectivity index (χ1n) is 6.42. The van der Waals surface area contributed by atoms with Crippen LogP contribution in [-0.2, 0) is 11.3 Å². The van der Waals surface area contributed by atoms with Gasteiger partial charge in [-0.15, -0.1) is 22.7 Å². The van der Waals surface area contributed by atoms with Crippen LogP contribution < -0.4 is 10.6 Å². The molecule has 3 heterocycles. The summed E-state index contributed by atoms with van der Waals surface area (Å²) in [5.41, 5.74) is 1.31. The molecule has 3 rings (SSSR count). The van der Waals surface area contributed by atoms with Gasteiger partial charge in [-0.05, 0) is 29.3 Å². The molecule has 0 saturated carbocycles. The zero-order valence-corrected chi connectivity index (χ0v) is 12.2. The van der Waals surface area contributed by atoms with Crippen LogP contribution in [0.15, 0.2) is 29.0 Å². The zero-order chi connectivity index (χ0) is 13.1. The maximum Gasteiger partial charge on any atom is 0.220 e. The van der Waals surface area contributed by atoms with E-state index in [0.29, 0.717) is 12.5 Å². The summed E-state index contributed by atoms with van der Waals surface area (Å²) >= 11 is 3.56. The molecule has 1 saturated heterocycles. The summed E-state index contributed by atoms with van der Waals surface area (Å²) in [6.45, 7) is 1.74. The van der Waals surface area contributed by atoms with Crippen LogP contribution in [0.2, 0.25) is 0 Å². The number of nitrogens with one attached hydrogen (secondary N) is 2. The van der Waals surface area contributed by atoms with Crippen LogP contribution in [0.5, 0.6) is 0 Å². The minimum absolute atomic E-state index is 0.183. The molecule has 100 valence electrons. The van der Waals surface area contributed by atoms with Crippen LogP contribution >= 0.6 is 22.7 Å². The Hall–Kier alpha value is -1.17. The molecule has 1 amide bonds. The Morgan fingerprint density at radius 1 is 1.42 bits per heavy atom. The smallest absolute Gasteiger partial charge is 0.220 e. The van der Waals surface area contributed by atoms with Crippen molar-refractivity contribution in [1.82, 2.24) is 10.6 Å². The lowest BCUT2D eigenvalue weighted by Crippen LogP contribution is -2.35. The number of amides is 1. The molecule has 1 atom stereocenters. The van der Waals surface area contributed by atoms with Gasteiger partial charge in [-0.25, -0.2) is 0 Å². The number of thiophene rings is 2. The fourth-order valence-electron chi connectivity index (χ4n) is 2.25. The number of rotatable bonds is 5. The van der Waals surface area contributed by atoms with Crippen LogP contribution in [0.1, 0.15) is 17.7 Å². The van der Waals surface area contributed by atoms with Crippen molar-refractivity contribution in [3.8, 4) is 10.4 Å². The molecule has 3 nitrogen and oxygen atoms in total. The van der Waals surface area contributed by atoms with Gasteiger partial charge >= 0.3 is 0 Å². The molecule has 2 N–H and O–H groups in total. The van der Waals surface area contributed by atoms with Crippen molar-refractivity contribution in [3.05, 3.63) is 33.8 Å². The first-order chi connectivity index (χ1) is 9.31. The van der Waals surface area contributed by atoms with Gasteiger partial charge in [0, 0.05) is 40.9 Å². The van der Waals surface area contributed by atoms with E-state index >= 15 is 0 Å². The van der Waals surface area contributed by atoms with Crippen molar-refractivity contribution >= 4 is 28.6 Å². The standard InChI is InChI=1S/C14H16N2OS2/c17-14-4-3-11(16-14)7-15-8-12-6-10(9-19-12)13-2-1-5-18-13/h1-2,5-6,9,11,15H,3-4,7-8H2,(H,16,17). The zero-order valence-electron chi connectivity index (χ0n) is 10.5. The highest BCUT2D eigenvalue weighted by molar-refractivity contribution is 7.14. The average Bonchev–Trinajstić information content (AvgIpc) is 3.09. The summed E-state index contributed by atoms with van der Waals surface area (Å²) in [6, 6.07) is 6.79. The Bertz CT molecular complexity index is 548. The van der Waals surface area contributed by atoms with E-state index in [1.807, 2.05) is 0 Å². The summed E-state index contributed by atoms with van der Waals surface area (Å²) in [6.07, 6.45) is 1.63. The molecule has 1 unspecified atom stereocenters. The van der Waals surface area contributed by atoms with Gasteiger partial charge in [0.1, 0.15) is 0 Å². The van der Waals surface area contributed by atoms with Gasteiger partial charge in [0.05, 0.1) is 0 Å². The van der Waals surface area contributed by atoms with E-state index in [4.69, 9.17) is 0 Å². The second kappa shape index (κ2) is 5.86. The fraction of sp³-hybridized carbons (Fsp3) is 0.357. The van der Waals surface area contributed by atoms with Crippen molar-refractivity contribution in [2.45, 2.75) is 25.4 Å². The highest BCUT2D eigenvalue weighted by Crippen LogP contribution is 2.29. The summed E-state index contributed by atoms with van der Waals surface area (Å²) < 4.78 is 0. The van der Waals surface area contributed by atoms with Gasteiger partial charge in [-0.3, -0.25) is 4.79 Å². The highest BCUT2D eigenvalue weighted by Gasteiger charge is 2.19. The van der Waals surface area contributed by atoms with Gasteiger partial charge in [-0.1, -0.05) is 6.07 Å². The topological polar surface area (TPSA) is 41.1 Å². The molecule has 5 heteroatoms. The van der Waals surface area contributed by atoms with Gasteiger partial charge in [-0.2, -0.15) is 0 Å². The number of carbonyl (C=O) groups excluding carboxylic acids is 1. The van der Waals surface area contributed by atoms with E-state index in [9.17, 15) is 4.79 Å². The molecule has 1 fully saturated rings. The fourth-order valence-corrected chi connectivity index (χ4v) is 3.89. The first kappa shape index (κ1) is 12.8. The summed E-state index contributed by atoms with van der Waals surface area (Å²) in [5.74, 6) is 0.183. The molecule has 0 aliphatic carbocycles. The Balaban J connectivity index is 1.49. The van der Waals surface area contributed by atoms with Crippen molar-refractivity contribution in [1.29, 1.82) is 0 Å². The predicted octanol–water partition coefficient (Wildman–Crippen LogP) is 2.84. The van der Waals surface area contributed by atoms with Crippen LogP contribution in [-0.4, -0.2) is 18.5 Å². The Labute approximate surface area is 120 Å². The number of hydrogen-bond acceptors (Lipinski definition) is 4. The van der Waals surface area contributed by atoms with E-state index in [0.717, 1.165) is 19.5 Å². The minimum atomic E-state index is 0.183. The van der Waals surface area contributed by atoms with E-state index in [1.54, 1.807) is 22.7 Å². The quantitative estimate of drug-likeness (QED) is 0.889. The van der Waals surface area contributed by atoms with Crippen LogP contribution in [0.4, 0.5) is 0 Å². The van der Waals surface area contributed by atoms with E-state index in [2.05, 4.69) is 39.6 Å². The van der Waals surface area contributed by atoms with Gasteiger partial charge in [0.15, 0.2) is 0 Å². The number of carbonyl (C=O) groups is 1. The van der Waals surface area contributed by atoms with E-state index in [1.165, 1.54) is 15.3 Å². The molecule has 2 aromatic rings. The minimum Gasteiger partial charge on any atom is -0.352 e. The second-order valence-electron chi connectivity index (χ2n) is 4.71. The molecule has 0 aromatic carbocycles. The van der Waals surface area contributed by atoms with Crippen molar-refractivity contribution in [3.63, 3.8) is 0 Å². The molecule has 19 heavy (non-hydrogen) atoms. The van der Waals surface area contributed by atoms with Crippen LogP contribution in [0, 0.1) is 0 Å². The molecule has 1 aliphatic heterocycles. The lowest BCUT2D eigenvalue weighted by Gasteiger charge is -2.10. The molecular formula is C14H16N2OS2. The van der Waals surface area contributed by atoms with Gasteiger partial charge < -0.3 is 10.6 Å². The third kappa shape index (κ3) is 3.23. The molecule has 0 radical (unpaired) electrons. The van der Waals surface area contributed by atoms with Gasteiger partial charge in [0.25, 0.3) is 0 Å². The summed E-state index contributed by atoms with van der Waals surface area (Å²) in [5, 5.41) is 10.7. The number of hydrogen-bond donors (Lipinski definition) is 2. The predicted molar refractivity (Wildman–Crippen MR) is 80.5 cm³/mol. The maximum atomic E-state index is 11.1. The SMILES string of the molecule is O=C1CCC(CNCc2cc(-c3cccs3)cs2)N1. The van der Waals surface area contributed by atoms with E-state index < -0.39 is 0 Å². The second-order valence-corrected chi connectivity index (χ2v) is 6.66. The van der Waals surface area contributed by atoms with Crippen molar-refractivity contribution in [2.75, 3.05) is 6.54 Å². The van der Waals surface area contributed by atoms with Gasteiger partial charge in [0.2, 0.25) is 5.91 Å². The normalized spacial score (nSPS) is 18.7. The van der Waals surface area contributed by atoms with Crippen molar-refractivity contribution < 1.29 is 4.79 Å².